The lowest BCUT2D eigenvalue weighted by atomic mass is 10.2. The van der Waals surface area contributed by atoms with Crippen LogP contribution in [0.4, 0.5) is 5.69 Å². The maximum absolute atomic E-state index is 12.6. The molecule has 3 nitrogen and oxygen atoms in total. The Kier molecular flexibility index (Phi) is 5.00. The van der Waals surface area contributed by atoms with E-state index in [1.807, 2.05) is 53.2 Å². The maximum Gasteiger partial charge on any atom is 0.233 e. The monoisotopic (exact) mass is 340 g/mol. The molecule has 1 amide bonds. The number of carbonyl (C=O) groups is 1. The van der Waals surface area contributed by atoms with Crippen molar-refractivity contribution in [1.29, 1.82) is 0 Å². The van der Waals surface area contributed by atoms with Crippen LogP contribution >= 0.6 is 22.7 Å². The number of nitrogens with zero attached hydrogens (tertiary/aromatic N) is 2. The smallest absolute Gasteiger partial charge is 0.233 e. The Morgan fingerprint density at radius 1 is 1.17 bits per heavy atom. The van der Waals surface area contributed by atoms with E-state index < -0.39 is 0 Å². The molecule has 0 bridgehead atoms. The molecule has 3 rings (SSSR count). The Balaban J connectivity index is 1.75. The van der Waals surface area contributed by atoms with E-state index in [0.717, 1.165) is 21.3 Å². The fourth-order valence-corrected chi connectivity index (χ4v) is 3.87. The van der Waals surface area contributed by atoms with Crippen LogP contribution in [0.25, 0.3) is 9.88 Å². The Bertz CT molecular complexity index is 778. The number of aromatic nitrogens is 1. The maximum atomic E-state index is 12.6. The van der Waals surface area contributed by atoms with Gasteiger partial charge in [-0.05, 0) is 23.6 Å². The molecule has 0 N–H and O–H groups in total. The van der Waals surface area contributed by atoms with Crippen molar-refractivity contribution in [2.45, 2.75) is 6.42 Å². The van der Waals surface area contributed by atoms with Gasteiger partial charge in [0.15, 0.2) is 0 Å². The Morgan fingerprint density at radius 3 is 2.70 bits per heavy atom. The molecule has 23 heavy (non-hydrogen) atoms. The fraction of sp³-hybridized carbons (Fsp3) is 0.111. The predicted molar refractivity (Wildman–Crippen MR) is 98.1 cm³/mol. The van der Waals surface area contributed by atoms with E-state index in [2.05, 4.69) is 11.6 Å². The van der Waals surface area contributed by atoms with Crippen molar-refractivity contribution in [2.75, 3.05) is 11.4 Å². The average molecular weight is 340 g/mol. The Hall–Kier alpha value is -2.24. The van der Waals surface area contributed by atoms with Crippen molar-refractivity contribution in [3.8, 4) is 9.88 Å². The summed E-state index contributed by atoms with van der Waals surface area (Å²) in [6, 6.07) is 13.7. The van der Waals surface area contributed by atoms with Crippen LogP contribution < -0.4 is 4.90 Å². The fourth-order valence-electron chi connectivity index (χ4n) is 2.24. The van der Waals surface area contributed by atoms with Crippen LogP contribution in [0.5, 0.6) is 0 Å². The molecule has 0 saturated carbocycles. The van der Waals surface area contributed by atoms with Crippen molar-refractivity contribution in [3.63, 3.8) is 0 Å². The molecule has 5 heteroatoms. The molecule has 2 heterocycles. The summed E-state index contributed by atoms with van der Waals surface area (Å²) in [7, 11) is 0. The second-order valence-corrected chi connectivity index (χ2v) is 6.73. The number of amides is 1. The Labute approximate surface area is 143 Å². The van der Waals surface area contributed by atoms with Crippen LogP contribution in [-0.4, -0.2) is 17.4 Å². The summed E-state index contributed by atoms with van der Waals surface area (Å²) in [5.41, 5.74) is 1.69. The lowest BCUT2D eigenvalue weighted by molar-refractivity contribution is -0.117. The number of thiophene rings is 1. The minimum Gasteiger partial charge on any atom is -0.308 e. The first-order valence-corrected chi connectivity index (χ1v) is 8.98. The molecular weight excluding hydrogens is 324 g/mol. The minimum absolute atomic E-state index is 0.0270. The first-order chi connectivity index (χ1) is 11.3. The lowest BCUT2D eigenvalue weighted by Gasteiger charge is -2.20. The Morgan fingerprint density at radius 2 is 2.00 bits per heavy atom. The average Bonchev–Trinajstić information content (AvgIpc) is 3.24. The third kappa shape index (κ3) is 3.75. The number of carbonyl (C=O) groups excluding carboxylic acids is 1. The highest BCUT2D eigenvalue weighted by Crippen LogP contribution is 2.28. The van der Waals surface area contributed by atoms with Crippen LogP contribution in [-0.2, 0) is 11.2 Å². The minimum atomic E-state index is 0.0270. The zero-order valence-corrected chi connectivity index (χ0v) is 14.1. The molecule has 0 atom stereocenters. The summed E-state index contributed by atoms with van der Waals surface area (Å²) in [6.07, 6.45) is 2.04. The normalized spacial score (nSPS) is 10.4. The number of rotatable bonds is 6. The highest BCUT2D eigenvalue weighted by molar-refractivity contribution is 7.20. The van der Waals surface area contributed by atoms with Gasteiger partial charge in [0.1, 0.15) is 5.01 Å². The standard InChI is InChI=1S/C18H16N2OS2/c1-2-10-20(15-7-4-3-5-8-15)17(21)12-14-13-23-18(19-14)16-9-6-11-22-16/h2-9,11,13H,1,10,12H2. The van der Waals surface area contributed by atoms with E-state index in [9.17, 15) is 4.79 Å². The molecule has 2 aromatic heterocycles. The summed E-state index contributed by atoms with van der Waals surface area (Å²) in [6.45, 7) is 4.24. The highest BCUT2D eigenvalue weighted by atomic mass is 32.1. The SMILES string of the molecule is C=CCN(C(=O)Cc1csc(-c2cccs2)n1)c1ccccc1. The molecule has 0 aliphatic rings. The van der Waals surface area contributed by atoms with Crippen LogP contribution in [0.15, 0.2) is 65.9 Å². The van der Waals surface area contributed by atoms with Gasteiger partial charge >= 0.3 is 0 Å². The number of benzene rings is 1. The molecule has 0 aliphatic carbocycles. The van der Waals surface area contributed by atoms with Crippen LogP contribution in [0, 0.1) is 0 Å². The van der Waals surface area contributed by atoms with Gasteiger partial charge in [0.2, 0.25) is 5.91 Å². The van der Waals surface area contributed by atoms with Crippen LogP contribution in [0.3, 0.4) is 0 Å². The summed E-state index contributed by atoms with van der Waals surface area (Å²) in [5.74, 6) is 0.0270. The first kappa shape index (κ1) is 15.6. The molecule has 0 radical (unpaired) electrons. The third-order valence-corrected chi connectivity index (χ3v) is 5.23. The molecule has 0 aliphatic heterocycles. The molecule has 0 unspecified atom stereocenters. The predicted octanol–water partition coefficient (Wildman–Crippen LogP) is 4.63. The van der Waals surface area contributed by atoms with E-state index >= 15 is 0 Å². The molecule has 116 valence electrons. The van der Waals surface area contributed by atoms with Crippen molar-refractivity contribution in [3.05, 3.63) is 71.6 Å². The van der Waals surface area contributed by atoms with Gasteiger partial charge in [-0.25, -0.2) is 4.98 Å². The largest absolute Gasteiger partial charge is 0.308 e. The van der Waals surface area contributed by atoms with Crippen molar-refractivity contribution in [1.82, 2.24) is 4.98 Å². The van der Waals surface area contributed by atoms with Gasteiger partial charge in [-0.1, -0.05) is 30.3 Å². The molecule has 0 saturated heterocycles. The zero-order chi connectivity index (χ0) is 16.1. The summed E-state index contributed by atoms with van der Waals surface area (Å²) in [4.78, 5) is 20.1. The molecular formula is C18H16N2OS2. The van der Waals surface area contributed by atoms with Gasteiger partial charge in [-0.3, -0.25) is 4.79 Å². The van der Waals surface area contributed by atoms with Crippen molar-refractivity contribution in [2.24, 2.45) is 0 Å². The van der Waals surface area contributed by atoms with Crippen LogP contribution in [0.1, 0.15) is 5.69 Å². The van der Waals surface area contributed by atoms with Gasteiger partial charge in [-0.2, -0.15) is 0 Å². The van der Waals surface area contributed by atoms with Gasteiger partial charge in [0.25, 0.3) is 0 Å². The lowest BCUT2D eigenvalue weighted by Crippen LogP contribution is -2.32. The second-order valence-electron chi connectivity index (χ2n) is 4.93. The van der Waals surface area contributed by atoms with Crippen LogP contribution in [0.2, 0.25) is 0 Å². The van der Waals surface area contributed by atoms with Gasteiger partial charge in [-0.15, -0.1) is 29.3 Å². The number of hydrogen-bond donors (Lipinski definition) is 0. The topological polar surface area (TPSA) is 33.2 Å². The first-order valence-electron chi connectivity index (χ1n) is 7.22. The highest BCUT2D eigenvalue weighted by Gasteiger charge is 2.16. The number of thiazole rings is 1. The van der Waals surface area contributed by atoms with E-state index in [1.54, 1.807) is 33.6 Å². The molecule has 1 aromatic carbocycles. The summed E-state index contributed by atoms with van der Waals surface area (Å²) < 4.78 is 0. The van der Waals surface area contributed by atoms with E-state index in [1.165, 1.54) is 0 Å². The van der Waals surface area contributed by atoms with Crippen molar-refractivity contribution < 1.29 is 4.79 Å². The number of anilines is 1. The molecule has 0 fully saturated rings. The van der Waals surface area contributed by atoms with Gasteiger partial charge in [0, 0.05) is 17.6 Å². The van der Waals surface area contributed by atoms with E-state index in [-0.39, 0.29) is 5.91 Å². The number of hydrogen-bond acceptors (Lipinski definition) is 4. The number of para-hydroxylation sites is 1. The van der Waals surface area contributed by atoms with E-state index in [0.29, 0.717) is 13.0 Å². The van der Waals surface area contributed by atoms with Crippen molar-refractivity contribution >= 4 is 34.3 Å². The quantitative estimate of drug-likeness (QED) is 0.613. The zero-order valence-electron chi connectivity index (χ0n) is 12.5. The summed E-state index contributed by atoms with van der Waals surface area (Å²) >= 11 is 3.24. The van der Waals surface area contributed by atoms with E-state index in [4.69, 9.17) is 0 Å². The molecule has 0 spiro atoms. The van der Waals surface area contributed by atoms with Gasteiger partial charge < -0.3 is 4.90 Å². The molecule has 3 aromatic rings. The summed E-state index contributed by atoms with van der Waals surface area (Å²) in [5, 5.41) is 4.96. The third-order valence-electron chi connectivity index (χ3n) is 3.30. The van der Waals surface area contributed by atoms with Gasteiger partial charge in [0.05, 0.1) is 17.0 Å². The second kappa shape index (κ2) is 7.35.